The largest absolute Gasteiger partial charge is 0.313 e. The van der Waals surface area contributed by atoms with E-state index in [1.54, 1.807) is 5.56 Å². The van der Waals surface area contributed by atoms with E-state index in [0.29, 0.717) is 6.04 Å². The molecule has 0 amide bonds. The summed E-state index contributed by atoms with van der Waals surface area (Å²) >= 11 is 0. The van der Waals surface area contributed by atoms with Gasteiger partial charge in [-0.05, 0) is 49.4 Å². The SMILES string of the molecule is CCc1ccc2c(c1)CCCC2NC. The molecule has 14 heavy (non-hydrogen) atoms. The van der Waals surface area contributed by atoms with Gasteiger partial charge in [-0.3, -0.25) is 0 Å². The van der Waals surface area contributed by atoms with Crippen LogP contribution in [0.1, 0.15) is 42.5 Å². The third-order valence-electron chi connectivity index (χ3n) is 3.28. The zero-order valence-corrected chi connectivity index (χ0v) is 9.14. The molecule has 1 heteroatoms. The lowest BCUT2D eigenvalue weighted by Gasteiger charge is -2.25. The maximum atomic E-state index is 3.40. The van der Waals surface area contributed by atoms with Gasteiger partial charge in [-0.2, -0.15) is 0 Å². The van der Waals surface area contributed by atoms with Crippen LogP contribution in [0.5, 0.6) is 0 Å². The van der Waals surface area contributed by atoms with Crippen LogP contribution in [0.15, 0.2) is 18.2 Å². The summed E-state index contributed by atoms with van der Waals surface area (Å²) < 4.78 is 0. The zero-order chi connectivity index (χ0) is 9.97. The molecule has 0 aliphatic heterocycles. The van der Waals surface area contributed by atoms with Crippen LogP contribution in [0.2, 0.25) is 0 Å². The van der Waals surface area contributed by atoms with Gasteiger partial charge in [0, 0.05) is 6.04 Å². The highest BCUT2D eigenvalue weighted by Crippen LogP contribution is 2.29. The lowest BCUT2D eigenvalue weighted by atomic mass is 9.86. The molecular formula is C13H19N. The van der Waals surface area contributed by atoms with Crippen LogP contribution < -0.4 is 5.32 Å². The number of aryl methyl sites for hydroxylation is 2. The summed E-state index contributed by atoms with van der Waals surface area (Å²) in [5.41, 5.74) is 4.56. The normalized spacial score (nSPS) is 20.6. The Balaban J connectivity index is 2.35. The summed E-state index contributed by atoms with van der Waals surface area (Å²) in [5, 5.41) is 3.40. The minimum absolute atomic E-state index is 0.588. The maximum absolute atomic E-state index is 3.40. The average molecular weight is 189 g/mol. The lowest BCUT2D eigenvalue weighted by molar-refractivity contribution is 0.496. The number of hydrogen-bond donors (Lipinski definition) is 1. The third kappa shape index (κ3) is 1.69. The zero-order valence-electron chi connectivity index (χ0n) is 9.14. The van der Waals surface area contributed by atoms with Crippen molar-refractivity contribution in [3.8, 4) is 0 Å². The van der Waals surface area contributed by atoms with Crippen molar-refractivity contribution < 1.29 is 0 Å². The van der Waals surface area contributed by atoms with E-state index in [1.165, 1.54) is 30.4 Å². The van der Waals surface area contributed by atoms with Gasteiger partial charge < -0.3 is 5.32 Å². The fourth-order valence-electron chi connectivity index (χ4n) is 2.39. The Bertz CT molecular complexity index is 317. The fraction of sp³-hybridized carbons (Fsp3) is 0.538. The van der Waals surface area contributed by atoms with E-state index in [-0.39, 0.29) is 0 Å². The monoisotopic (exact) mass is 189 g/mol. The molecule has 1 aliphatic carbocycles. The van der Waals surface area contributed by atoms with E-state index < -0.39 is 0 Å². The standard InChI is InChI=1S/C13H19N/c1-3-10-7-8-12-11(9-10)5-4-6-13(12)14-2/h7-9,13-14H,3-6H2,1-2H3. The molecule has 1 aliphatic rings. The van der Waals surface area contributed by atoms with Gasteiger partial charge in [0.25, 0.3) is 0 Å². The van der Waals surface area contributed by atoms with Gasteiger partial charge >= 0.3 is 0 Å². The predicted octanol–water partition coefficient (Wildman–Crippen LogP) is 2.85. The molecule has 1 aromatic rings. The molecule has 0 saturated heterocycles. The molecule has 0 saturated carbocycles. The molecule has 1 aromatic carbocycles. The van der Waals surface area contributed by atoms with Gasteiger partial charge in [-0.15, -0.1) is 0 Å². The number of rotatable bonds is 2. The first-order valence-corrected chi connectivity index (χ1v) is 5.64. The number of benzene rings is 1. The van der Waals surface area contributed by atoms with Crippen LogP contribution in [-0.2, 0) is 12.8 Å². The fourth-order valence-corrected chi connectivity index (χ4v) is 2.39. The van der Waals surface area contributed by atoms with E-state index >= 15 is 0 Å². The van der Waals surface area contributed by atoms with E-state index in [2.05, 4.69) is 37.5 Å². The van der Waals surface area contributed by atoms with E-state index in [0.717, 1.165) is 6.42 Å². The van der Waals surface area contributed by atoms with Crippen molar-refractivity contribution in [3.63, 3.8) is 0 Å². The van der Waals surface area contributed by atoms with Gasteiger partial charge in [-0.1, -0.05) is 25.1 Å². The van der Waals surface area contributed by atoms with E-state index in [1.807, 2.05) is 0 Å². The third-order valence-corrected chi connectivity index (χ3v) is 3.28. The number of hydrogen-bond acceptors (Lipinski definition) is 1. The van der Waals surface area contributed by atoms with Crippen molar-refractivity contribution >= 4 is 0 Å². The molecular weight excluding hydrogens is 170 g/mol. The first kappa shape index (κ1) is 9.72. The first-order chi connectivity index (χ1) is 6.85. The molecule has 0 aromatic heterocycles. The molecule has 76 valence electrons. The quantitative estimate of drug-likeness (QED) is 0.754. The van der Waals surface area contributed by atoms with Crippen molar-refractivity contribution in [1.82, 2.24) is 5.32 Å². The molecule has 1 nitrogen and oxygen atoms in total. The molecule has 0 heterocycles. The Labute approximate surface area is 86.5 Å². The lowest BCUT2D eigenvalue weighted by Crippen LogP contribution is -2.21. The Morgan fingerprint density at radius 3 is 3.00 bits per heavy atom. The number of nitrogens with one attached hydrogen (secondary N) is 1. The second-order valence-electron chi connectivity index (χ2n) is 4.12. The van der Waals surface area contributed by atoms with Crippen LogP contribution in [0.3, 0.4) is 0 Å². The first-order valence-electron chi connectivity index (χ1n) is 5.64. The Hall–Kier alpha value is -0.820. The van der Waals surface area contributed by atoms with Crippen molar-refractivity contribution in [3.05, 3.63) is 34.9 Å². The van der Waals surface area contributed by atoms with Crippen LogP contribution in [0.4, 0.5) is 0 Å². The highest BCUT2D eigenvalue weighted by Gasteiger charge is 2.18. The van der Waals surface area contributed by atoms with Crippen molar-refractivity contribution in [1.29, 1.82) is 0 Å². The Kier molecular flexibility index (Phi) is 2.87. The number of fused-ring (bicyclic) bond motifs is 1. The minimum Gasteiger partial charge on any atom is -0.313 e. The van der Waals surface area contributed by atoms with Gasteiger partial charge in [0.15, 0.2) is 0 Å². The van der Waals surface area contributed by atoms with Crippen molar-refractivity contribution in [2.24, 2.45) is 0 Å². The van der Waals surface area contributed by atoms with Crippen molar-refractivity contribution in [2.45, 2.75) is 38.6 Å². The summed E-state index contributed by atoms with van der Waals surface area (Å²) in [6, 6.07) is 7.56. The van der Waals surface area contributed by atoms with Crippen LogP contribution in [-0.4, -0.2) is 7.05 Å². The molecule has 1 N–H and O–H groups in total. The van der Waals surface area contributed by atoms with Gasteiger partial charge in [0.05, 0.1) is 0 Å². The molecule has 0 bridgehead atoms. The topological polar surface area (TPSA) is 12.0 Å². The summed E-state index contributed by atoms with van der Waals surface area (Å²) in [7, 11) is 2.06. The smallest absolute Gasteiger partial charge is 0.0320 e. The Morgan fingerprint density at radius 2 is 2.29 bits per heavy atom. The van der Waals surface area contributed by atoms with Crippen molar-refractivity contribution in [2.75, 3.05) is 7.05 Å². The molecule has 1 unspecified atom stereocenters. The second-order valence-corrected chi connectivity index (χ2v) is 4.12. The van der Waals surface area contributed by atoms with Gasteiger partial charge in [-0.25, -0.2) is 0 Å². The van der Waals surface area contributed by atoms with Gasteiger partial charge in [0.1, 0.15) is 0 Å². The summed E-state index contributed by atoms with van der Waals surface area (Å²) in [6.07, 6.45) is 5.03. The molecule has 2 rings (SSSR count). The molecule has 0 fully saturated rings. The Morgan fingerprint density at radius 1 is 1.43 bits per heavy atom. The van der Waals surface area contributed by atoms with Crippen LogP contribution in [0, 0.1) is 0 Å². The average Bonchev–Trinajstić information content (AvgIpc) is 2.27. The molecule has 1 atom stereocenters. The summed E-state index contributed by atoms with van der Waals surface area (Å²) in [4.78, 5) is 0. The minimum atomic E-state index is 0.588. The highest BCUT2D eigenvalue weighted by atomic mass is 14.9. The van der Waals surface area contributed by atoms with Crippen LogP contribution >= 0.6 is 0 Å². The molecule has 0 spiro atoms. The summed E-state index contributed by atoms with van der Waals surface area (Å²) in [6.45, 7) is 2.22. The van der Waals surface area contributed by atoms with Gasteiger partial charge in [0.2, 0.25) is 0 Å². The second kappa shape index (κ2) is 4.14. The summed E-state index contributed by atoms with van der Waals surface area (Å²) in [5.74, 6) is 0. The van der Waals surface area contributed by atoms with Crippen LogP contribution in [0.25, 0.3) is 0 Å². The van der Waals surface area contributed by atoms with E-state index in [4.69, 9.17) is 0 Å². The molecule has 0 radical (unpaired) electrons. The maximum Gasteiger partial charge on any atom is 0.0320 e. The predicted molar refractivity (Wildman–Crippen MR) is 60.6 cm³/mol. The highest BCUT2D eigenvalue weighted by molar-refractivity contribution is 5.36. The van der Waals surface area contributed by atoms with E-state index in [9.17, 15) is 0 Å².